The molecule has 1 saturated heterocycles. The number of pyridine rings is 1. The number of carboxylic acid groups (broad SMARTS) is 1. The second-order valence-electron chi connectivity index (χ2n) is 4.59. The molecule has 1 aliphatic heterocycles. The number of fused-ring (bicyclic) bond motifs is 1. The summed E-state index contributed by atoms with van der Waals surface area (Å²) in [5, 5.41) is 13.6. The molecule has 5 heteroatoms. The van der Waals surface area contributed by atoms with E-state index in [0.717, 1.165) is 31.4 Å². The molecular formula is C13H15N3O2. The van der Waals surface area contributed by atoms with Crippen LogP contribution in [0.2, 0.25) is 0 Å². The summed E-state index contributed by atoms with van der Waals surface area (Å²) in [5.41, 5.74) is 1.26. The minimum absolute atomic E-state index is 0.327. The van der Waals surface area contributed by atoms with E-state index in [-0.39, 0.29) is 0 Å². The monoisotopic (exact) mass is 245 g/mol. The Hall–Kier alpha value is -2.04. The quantitative estimate of drug-likeness (QED) is 0.879. The lowest BCUT2D eigenvalue weighted by Crippen LogP contribution is -2.32. The molecule has 2 aromatic rings. The van der Waals surface area contributed by atoms with Gasteiger partial charge in [-0.1, -0.05) is 0 Å². The lowest BCUT2D eigenvalue weighted by Gasteiger charge is -2.30. The Morgan fingerprint density at radius 3 is 2.67 bits per heavy atom. The molecule has 0 amide bonds. The van der Waals surface area contributed by atoms with Crippen LogP contribution in [0, 0.1) is 0 Å². The van der Waals surface area contributed by atoms with Crippen molar-refractivity contribution in [2.24, 2.45) is 0 Å². The standard InChI is InChI=1S/C13H15N3O2/c17-13(18)11-5-4-10-6-7-14-16(10)12(11)15-8-2-1-3-9-15/h4-7H,1-3,8-9H2,(H,17,18). The van der Waals surface area contributed by atoms with E-state index in [4.69, 9.17) is 0 Å². The van der Waals surface area contributed by atoms with Crippen LogP contribution in [0.3, 0.4) is 0 Å². The van der Waals surface area contributed by atoms with Crippen molar-refractivity contribution in [2.45, 2.75) is 19.3 Å². The van der Waals surface area contributed by atoms with Crippen LogP contribution in [0.15, 0.2) is 24.4 Å². The van der Waals surface area contributed by atoms with E-state index in [1.165, 1.54) is 6.42 Å². The molecule has 0 aromatic carbocycles. The lowest BCUT2D eigenvalue weighted by atomic mass is 10.1. The molecule has 3 heterocycles. The van der Waals surface area contributed by atoms with Crippen LogP contribution in [0.1, 0.15) is 29.6 Å². The molecular weight excluding hydrogens is 230 g/mol. The largest absolute Gasteiger partial charge is 0.478 e. The third kappa shape index (κ3) is 1.72. The topological polar surface area (TPSA) is 57.8 Å². The number of nitrogens with zero attached hydrogens (tertiary/aromatic N) is 3. The van der Waals surface area contributed by atoms with E-state index in [2.05, 4.69) is 10.00 Å². The maximum Gasteiger partial charge on any atom is 0.339 e. The first-order chi connectivity index (χ1) is 8.77. The maximum atomic E-state index is 11.4. The van der Waals surface area contributed by atoms with E-state index in [1.54, 1.807) is 22.8 Å². The van der Waals surface area contributed by atoms with Crippen LogP contribution >= 0.6 is 0 Å². The summed E-state index contributed by atoms with van der Waals surface area (Å²) in [6, 6.07) is 5.35. The maximum absolute atomic E-state index is 11.4. The summed E-state index contributed by atoms with van der Waals surface area (Å²) in [6.45, 7) is 1.80. The van der Waals surface area contributed by atoms with Crippen LogP contribution in [-0.2, 0) is 0 Å². The van der Waals surface area contributed by atoms with Gasteiger partial charge in [0.2, 0.25) is 0 Å². The summed E-state index contributed by atoms with van der Waals surface area (Å²) in [7, 11) is 0. The Morgan fingerprint density at radius 1 is 1.17 bits per heavy atom. The zero-order chi connectivity index (χ0) is 12.5. The molecule has 18 heavy (non-hydrogen) atoms. The predicted molar refractivity (Wildman–Crippen MR) is 68.2 cm³/mol. The zero-order valence-electron chi connectivity index (χ0n) is 10.0. The Morgan fingerprint density at radius 2 is 1.94 bits per heavy atom. The molecule has 0 aliphatic carbocycles. The second kappa shape index (κ2) is 4.33. The van der Waals surface area contributed by atoms with Gasteiger partial charge in [0.25, 0.3) is 0 Å². The SMILES string of the molecule is O=C(O)c1ccc2ccnn2c1N1CCCCC1. The van der Waals surface area contributed by atoms with Gasteiger partial charge < -0.3 is 10.0 Å². The molecule has 94 valence electrons. The van der Waals surface area contributed by atoms with Crippen LogP contribution in [0.5, 0.6) is 0 Å². The molecule has 2 aromatic heterocycles. The Kier molecular flexibility index (Phi) is 2.66. The first kappa shape index (κ1) is 11.1. The Labute approximate surface area is 105 Å². The molecule has 0 bridgehead atoms. The molecule has 1 aliphatic rings. The molecule has 0 radical (unpaired) electrons. The molecule has 3 rings (SSSR count). The van der Waals surface area contributed by atoms with Gasteiger partial charge in [0.15, 0.2) is 0 Å². The fourth-order valence-corrected chi connectivity index (χ4v) is 2.55. The predicted octanol–water partition coefficient (Wildman–Crippen LogP) is 2.02. The van der Waals surface area contributed by atoms with E-state index in [9.17, 15) is 9.90 Å². The van der Waals surface area contributed by atoms with E-state index in [1.807, 2.05) is 6.07 Å². The average Bonchev–Trinajstić information content (AvgIpc) is 2.86. The number of anilines is 1. The van der Waals surface area contributed by atoms with Crippen molar-refractivity contribution >= 4 is 17.3 Å². The van der Waals surface area contributed by atoms with Gasteiger partial charge in [0.1, 0.15) is 11.4 Å². The van der Waals surface area contributed by atoms with Crippen molar-refractivity contribution in [1.29, 1.82) is 0 Å². The van der Waals surface area contributed by atoms with Crippen LogP contribution in [-0.4, -0.2) is 33.8 Å². The Balaban J connectivity index is 2.18. The summed E-state index contributed by atoms with van der Waals surface area (Å²) in [5.74, 6) is -0.183. The fraction of sp³-hybridized carbons (Fsp3) is 0.385. The summed E-state index contributed by atoms with van der Waals surface area (Å²) >= 11 is 0. The molecule has 0 atom stereocenters. The smallest absolute Gasteiger partial charge is 0.339 e. The van der Waals surface area contributed by atoms with Crippen molar-refractivity contribution in [1.82, 2.24) is 9.61 Å². The Bertz CT molecular complexity index is 585. The van der Waals surface area contributed by atoms with Gasteiger partial charge in [-0.05, 0) is 37.5 Å². The van der Waals surface area contributed by atoms with Crippen LogP contribution in [0.25, 0.3) is 5.52 Å². The van der Waals surface area contributed by atoms with Crippen molar-refractivity contribution in [2.75, 3.05) is 18.0 Å². The highest BCUT2D eigenvalue weighted by molar-refractivity contribution is 5.94. The molecule has 5 nitrogen and oxygen atoms in total. The van der Waals surface area contributed by atoms with Crippen LogP contribution < -0.4 is 4.90 Å². The minimum Gasteiger partial charge on any atom is -0.478 e. The van der Waals surface area contributed by atoms with Gasteiger partial charge in [-0.2, -0.15) is 5.10 Å². The van der Waals surface area contributed by atoms with Crippen molar-refractivity contribution in [3.63, 3.8) is 0 Å². The number of carboxylic acids is 1. The van der Waals surface area contributed by atoms with E-state index < -0.39 is 5.97 Å². The number of aromatic nitrogens is 2. The first-order valence-electron chi connectivity index (χ1n) is 6.22. The second-order valence-corrected chi connectivity index (χ2v) is 4.59. The van der Waals surface area contributed by atoms with Crippen molar-refractivity contribution < 1.29 is 9.90 Å². The zero-order valence-corrected chi connectivity index (χ0v) is 10.0. The number of rotatable bonds is 2. The van der Waals surface area contributed by atoms with Gasteiger partial charge in [-0.25, -0.2) is 9.31 Å². The van der Waals surface area contributed by atoms with Crippen molar-refractivity contribution in [3.8, 4) is 0 Å². The summed E-state index contributed by atoms with van der Waals surface area (Å²) in [6.07, 6.45) is 5.13. The third-order valence-corrected chi connectivity index (χ3v) is 3.42. The highest BCUT2D eigenvalue weighted by Gasteiger charge is 2.21. The van der Waals surface area contributed by atoms with Gasteiger partial charge in [0.05, 0.1) is 11.7 Å². The van der Waals surface area contributed by atoms with Gasteiger partial charge in [-0.15, -0.1) is 0 Å². The number of hydrogen-bond acceptors (Lipinski definition) is 3. The third-order valence-electron chi connectivity index (χ3n) is 3.42. The van der Waals surface area contributed by atoms with Gasteiger partial charge >= 0.3 is 5.97 Å². The highest BCUT2D eigenvalue weighted by atomic mass is 16.4. The number of hydrogen-bond donors (Lipinski definition) is 1. The highest BCUT2D eigenvalue weighted by Crippen LogP contribution is 2.25. The van der Waals surface area contributed by atoms with Crippen LogP contribution in [0.4, 0.5) is 5.82 Å². The number of aromatic carboxylic acids is 1. The summed E-state index contributed by atoms with van der Waals surface area (Å²) < 4.78 is 1.73. The minimum atomic E-state index is -0.895. The number of piperidine rings is 1. The van der Waals surface area contributed by atoms with Crippen molar-refractivity contribution in [3.05, 3.63) is 30.0 Å². The normalized spacial score (nSPS) is 16.1. The van der Waals surface area contributed by atoms with E-state index in [0.29, 0.717) is 11.4 Å². The molecule has 0 spiro atoms. The first-order valence-corrected chi connectivity index (χ1v) is 6.22. The molecule has 0 unspecified atom stereocenters. The lowest BCUT2D eigenvalue weighted by molar-refractivity contribution is 0.0697. The molecule has 1 N–H and O–H groups in total. The summed E-state index contributed by atoms with van der Waals surface area (Å²) in [4.78, 5) is 13.5. The molecule has 1 fully saturated rings. The number of carbonyl (C=O) groups is 1. The van der Waals surface area contributed by atoms with Gasteiger partial charge in [-0.3, -0.25) is 0 Å². The average molecular weight is 245 g/mol. The van der Waals surface area contributed by atoms with E-state index >= 15 is 0 Å². The van der Waals surface area contributed by atoms with Gasteiger partial charge in [0, 0.05) is 13.1 Å². The molecule has 0 saturated carbocycles. The fourth-order valence-electron chi connectivity index (χ4n) is 2.55.